The second-order valence-corrected chi connectivity index (χ2v) is 8.77. The lowest BCUT2D eigenvalue weighted by Gasteiger charge is -2.29. The number of benzene rings is 2. The average Bonchev–Trinajstić information content (AvgIpc) is 2.80. The zero-order valence-corrected chi connectivity index (χ0v) is 19.1. The molecule has 6 nitrogen and oxygen atoms in total. The highest BCUT2D eigenvalue weighted by Gasteiger charge is 2.22. The van der Waals surface area contributed by atoms with Gasteiger partial charge in [0.1, 0.15) is 12.4 Å². The molecule has 0 aliphatic carbocycles. The van der Waals surface area contributed by atoms with Gasteiger partial charge in [0.15, 0.2) is 5.82 Å². The van der Waals surface area contributed by atoms with Crippen molar-refractivity contribution in [1.29, 1.82) is 0 Å². The lowest BCUT2D eigenvalue weighted by Crippen LogP contribution is -2.36. The van der Waals surface area contributed by atoms with Gasteiger partial charge in [-0.15, -0.1) is 0 Å². The lowest BCUT2D eigenvalue weighted by atomic mass is 10.0. The third-order valence-electron chi connectivity index (χ3n) is 5.47. The van der Waals surface area contributed by atoms with Crippen LogP contribution in [0.2, 0.25) is 10.0 Å². The number of hydrogen-bond donors (Lipinski definition) is 1. The third-order valence-corrected chi connectivity index (χ3v) is 6.21. The molecule has 2 heterocycles. The summed E-state index contributed by atoms with van der Waals surface area (Å²) in [6, 6.07) is 13.1. The fourth-order valence-corrected chi connectivity index (χ4v) is 3.95. The summed E-state index contributed by atoms with van der Waals surface area (Å²) in [4.78, 5) is 22.5. The van der Waals surface area contributed by atoms with Crippen LogP contribution in [0.1, 0.15) is 23.7 Å². The summed E-state index contributed by atoms with van der Waals surface area (Å²) in [5.74, 6) is 0.244. The molecule has 4 rings (SSSR count). The molecule has 1 atom stereocenters. The van der Waals surface area contributed by atoms with Crippen molar-refractivity contribution in [2.24, 2.45) is 5.92 Å². The van der Waals surface area contributed by atoms with Gasteiger partial charge in [-0.2, -0.15) is 0 Å². The van der Waals surface area contributed by atoms with Crippen LogP contribution in [0.25, 0.3) is 11.4 Å². The summed E-state index contributed by atoms with van der Waals surface area (Å²) in [5, 5.41) is 10.2. The molecule has 0 saturated heterocycles. The molecule has 1 aromatic heterocycles. The van der Waals surface area contributed by atoms with E-state index in [1.165, 1.54) is 0 Å². The SMILES string of the molecule is CC(CN1CCc2nc(-c3ccc(OCc4ccc(Cl)c(Cl)c4)cc3)ncc2C1)C(=O)O. The van der Waals surface area contributed by atoms with Gasteiger partial charge in [0.2, 0.25) is 0 Å². The van der Waals surface area contributed by atoms with Crippen LogP contribution in [-0.4, -0.2) is 39.0 Å². The second kappa shape index (κ2) is 9.86. The maximum absolute atomic E-state index is 11.1. The first kappa shape index (κ1) is 22.5. The molecular weight excluding hydrogens is 449 g/mol. The number of aromatic nitrogens is 2. The lowest BCUT2D eigenvalue weighted by molar-refractivity contribution is -0.141. The Hall–Kier alpha value is -2.67. The summed E-state index contributed by atoms with van der Waals surface area (Å²) >= 11 is 12.0. The van der Waals surface area contributed by atoms with Gasteiger partial charge < -0.3 is 9.84 Å². The van der Waals surface area contributed by atoms with Crippen molar-refractivity contribution >= 4 is 29.2 Å². The minimum Gasteiger partial charge on any atom is -0.489 e. The van der Waals surface area contributed by atoms with Gasteiger partial charge >= 0.3 is 5.97 Å². The van der Waals surface area contributed by atoms with Gasteiger partial charge in [0.25, 0.3) is 0 Å². The first-order valence-electron chi connectivity index (χ1n) is 10.4. The topological polar surface area (TPSA) is 75.5 Å². The molecule has 32 heavy (non-hydrogen) atoms. The van der Waals surface area contributed by atoms with Crippen LogP contribution in [-0.2, 0) is 24.4 Å². The molecular formula is C24H23Cl2N3O3. The smallest absolute Gasteiger partial charge is 0.307 e. The van der Waals surface area contributed by atoms with Gasteiger partial charge in [-0.25, -0.2) is 9.97 Å². The van der Waals surface area contributed by atoms with E-state index in [1.54, 1.807) is 19.1 Å². The number of carboxylic acids is 1. The molecule has 1 aliphatic heterocycles. The van der Waals surface area contributed by atoms with Crippen LogP contribution < -0.4 is 4.74 Å². The highest BCUT2D eigenvalue weighted by atomic mass is 35.5. The molecule has 0 saturated carbocycles. The van der Waals surface area contributed by atoms with Gasteiger partial charge in [-0.1, -0.05) is 36.2 Å². The average molecular weight is 472 g/mol. The first-order valence-corrected chi connectivity index (χ1v) is 11.1. The molecule has 0 radical (unpaired) electrons. The summed E-state index contributed by atoms with van der Waals surface area (Å²) in [5.41, 5.74) is 3.93. The number of hydrogen-bond acceptors (Lipinski definition) is 5. The van der Waals surface area contributed by atoms with E-state index in [1.807, 2.05) is 36.5 Å². The zero-order valence-electron chi connectivity index (χ0n) is 17.6. The van der Waals surface area contributed by atoms with E-state index in [2.05, 4.69) is 9.88 Å². The molecule has 0 spiro atoms. The summed E-state index contributed by atoms with van der Waals surface area (Å²) < 4.78 is 5.84. The van der Waals surface area contributed by atoms with Crippen molar-refractivity contribution in [2.45, 2.75) is 26.5 Å². The monoisotopic (exact) mass is 471 g/mol. The van der Waals surface area contributed by atoms with Crippen LogP contribution in [0.3, 0.4) is 0 Å². The van der Waals surface area contributed by atoms with Gasteiger partial charge in [-0.3, -0.25) is 9.69 Å². The molecule has 1 unspecified atom stereocenters. The van der Waals surface area contributed by atoms with Gasteiger partial charge in [0, 0.05) is 43.4 Å². The minimum atomic E-state index is -0.771. The van der Waals surface area contributed by atoms with Crippen molar-refractivity contribution in [3.8, 4) is 17.1 Å². The van der Waals surface area contributed by atoms with Gasteiger partial charge in [-0.05, 0) is 42.0 Å². The van der Waals surface area contributed by atoms with E-state index in [0.717, 1.165) is 41.1 Å². The number of carbonyl (C=O) groups is 1. The maximum Gasteiger partial charge on any atom is 0.307 e. The van der Waals surface area contributed by atoms with E-state index in [-0.39, 0.29) is 0 Å². The molecule has 1 N–H and O–H groups in total. The van der Waals surface area contributed by atoms with Crippen LogP contribution in [0, 0.1) is 5.92 Å². The normalized spacial score (nSPS) is 14.6. The quantitative estimate of drug-likeness (QED) is 0.515. The summed E-state index contributed by atoms with van der Waals surface area (Å²) in [6.45, 7) is 4.12. The van der Waals surface area contributed by atoms with E-state index in [4.69, 9.17) is 38.0 Å². The Morgan fingerprint density at radius 3 is 2.69 bits per heavy atom. The van der Waals surface area contributed by atoms with E-state index >= 15 is 0 Å². The highest BCUT2D eigenvalue weighted by Crippen LogP contribution is 2.25. The Labute approximate surface area is 196 Å². The van der Waals surface area contributed by atoms with Gasteiger partial charge in [0.05, 0.1) is 21.7 Å². The van der Waals surface area contributed by atoms with E-state index in [9.17, 15) is 4.79 Å². The van der Waals surface area contributed by atoms with Crippen molar-refractivity contribution in [3.05, 3.63) is 75.5 Å². The Bertz CT molecular complexity index is 1120. The molecule has 166 valence electrons. The number of carboxylic acid groups (broad SMARTS) is 1. The molecule has 0 bridgehead atoms. The standard InChI is InChI=1S/C24H23Cl2N3O3/c1-15(24(30)31)12-29-9-8-22-18(13-29)11-27-23(28-22)17-3-5-19(6-4-17)32-14-16-2-7-20(25)21(26)10-16/h2-7,10-11,15H,8-9,12-14H2,1H3,(H,30,31). The fourth-order valence-electron chi connectivity index (χ4n) is 3.63. The number of halogens is 2. The van der Waals surface area contributed by atoms with Crippen LogP contribution in [0.15, 0.2) is 48.7 Å². The van der Waals surface area contributed by atoms with Crippen molar-refractivity contribution in [3.63, 3.8) is 0 Å². The number of aliphatic carboxylic acids is 1. The Morgan fingerprint density at radius 1 is 1.19 bits per heavy atom. The molecule has 8 heteroatoms. The van der Waals surface area contributed by atoms with Crippen LogP contribution in [0.4, 0.5) is 0 Å². The third kappa shape index (κ3) is 5.38. The first-order chi connectivity index (χ1) is 15.4. The Kier molecular flexibility index (Phi) is 6.94. The fraction of sp³-hybridized carbons (Fsp3) is 0.292. The number of rotatable bonds is 7. The Morgan fingerprint density at radius 2 is 1.97 bits per heavy atom. The number of fused-ring (bicyclic) bond motifs is 1. The van der Waals surface area contributed by atoms with Crippen LogP contribution >= 0.6 is 23.2 Å². The van der Waals surface area contributed by atoms with Crippen molar-refractivity contribution < 1.29 is 14.6 Å². The number of nitrogens with zero attached hydrogens (tertiary/aromatic N) is 3. The highest BCUT2D eigenvalue weighted by molar-refractivity contribution is 6.42. The zero-order chi connectivity index (χ0) is 22.7. The van der Waals surface area contributed by atoms with Crippen molar-refractivity contribution in [1.82, 2.24) is 14.9 Å². The Balaban J connectivity index is 1.39. The summed E-state index contributed by atoms with van der Waals surface area (Å²) in [6.07, 6.45) is 2.63. The van der Waals surface area contributed by atoms with Crippen LogP contribution in [0.5, 0.6) is 5.75 Å². The molecule has 1 aliphatic rings. The largest absolute Gasteiger partial charge is 0.489 e. The second-order valence-electron chi connectivity index (χ2n) is 7.95. The minimum absolute atomic E-state index is 0.391. The molecule has 0 fully saturated rings. The molecule has 0 amide bonds. The van der Waals surface area contributed by atoms with Crippen molar-refractivity contribution in [2.75, 3.05) is 13.1 Å². The summed E-state index contributed by atoms with van der Waals surface area (Å²) in [7, 11) is 0. The van der Waals surface area contributed by atoms with E-state index in [0.29, 0.717) is 35.6 Å². The maximum atomic E-state index is 11.1. The number of ether oxygens (including phenoxy) is 1. The molecule has 3 aromatic rings. The molecule has 2 aromatic carbocycles. The predicted molar refractivity (Wildman–Crippen MR) is 124 cm³/mol. The van der Waals surface area contributed by atoms with E-state index < -0.39 is 11.9 Å². The predicted octanol–water partition coefficient (Wildman–Crippen LogP) is 5.11.